The van der Waals surface area contributed by atoms with E-state index >= 15 is 0 Å². The third-order valence-corrected chi connectivity index (χ3v) is 9.26. The number of allylic oxidation sites excluding steroid dienone is 2. The van der Waals surface area contributed by atoms with Gasteiger partial charge in [-0.15, -0.1) is 0 Å². The minimum absolute atomic E-state index is 0.0912. The number of primary amides is 1. The minimum Gasteiger partial charge on any atom is -0.468 e. The lowest BCUT2D eigenvalue weighted by molar-refractivity contribution is -0.384. The summed E-state index contributed by atoms with van der Waals surface area (Å²) in [5, 5.41) is 17.7. The number of ether oxygens (including phenoxy) is 1. The lowest BCUT2D eigenvalue weighted by atomic mass is 9.72. The number of nitro groups is 1. The number of unbranched alkanes of at least 4 members (excludes halogenated alkanes) is 1. The molecule has 12 heteroatoms. The predicted octanol–water partition coefficient (Wildman–Crippen LogP) is 3.53. The molecule has 47 heavy (non-hydrogen) atoms. The number of carbonyl (C=O) groups excluding carboxylic acids is 3. The Kier molecular flexibility index (Phi) is 12.3. The van der Waals surface area contributed by atoms with Gasteiger partial charge in [0.1, 0.15) is 0 Å². The lowest BCUT2D eigenvalue weighted by Crippen LogP contribution is -2.48. The number of nitrogens with one attached hydrogen (secondary N) is 2. The van der Waals surface area contributed by atoms with Crippen LogP contribution >= 0.6 is 0 Å². The first kappa shape index (κ1) is 35.3. The maximum atomic E-state index is 14.0. The molecule has 1 atom stereocenters. The summed E-state index contributed by atoms with van der Waals surface area (Å²) < 4.78 is 5.22. The number of carbonyl (C=O) groups is 3. The molecule has 0 spiro atoms. The number of methoxy groups -OCH3 is 1. The molecule has 0 aromatic heterocycles. The number of non-ortho nitro benzene ring substituents is 1. The zero-order chi connectivity index (χ0) is 34.0. The number of nitrogens with zero attached hydrogens (tertiary/aromatic N) is 2. The van der Waals surface area contributed by atoms with Crippen molar-refractivity contribution in [1.29, 1.82) is 0 Å². The fourth-order valence-electron chi connectivity index (χ4n) is 6.73. The van der Waals surface area contributed by atoms with Gasteiger partial charge in [-0.3, -0.25) is 24.5 Å². The van der Waals surface area contributed by atoms with E-state index in [1.165, 1.54) is 19.2 Å². The topological polar surface area (TPSA) is 183 Å². The van der Waals surface area contributed by atoms with Crippen molar-refractivity contribution in [3.8, 4) is 0 Å². The van der Waals surface area contributed by atoms with Crippen molar-refractivity contribution in [3.63, 3.8) is 0 Å². The van der Waals surface area contributed by atoms with Gasteiger partial charge in [0.25, 0.3) is 5.69 Å². The average molecular weight is 647 g/mol. The van der Waals surface area contributed by atoms with E-state index in [2.05, 4.69) is 15.5 Å². The molecular formula is C35H46N6O6. The standard InChI is InChI=1S/C35H46N6O6/c1-3-27-30(32(37)42)29(24-13-15-26(16-14-24)41(45)46)31(28(39-27)12-7-8-19-36)33(43)38-20-9-21-40-22-17-35(18-23-40,34(44)47-2)25-10-5-4-6-11-25/h4-6,10-11,13-16,29,39H,3,7-9,12,17-23,36H2,1-2H3,(H2,37,42)(H,38,43). The van der Waals surface area contributed by atoms with Crippen LogP contribution < -0.4 is 22.1 Å². The zero-order valence-corrected chi connectivity index (χ0v) is 27.3. The molecule has 6 N–H and O–H groups in total. The number of amides is 2. The van der Waals surface area contributed by atoms with Crippen molar-refractivity contribution in [2.45, 2.75) is 63.2 Å². The summed E-state index contributed by atoms with van der Waals surface area (Å²) >= 11 is 0. The van der Waals surface area contributed by atoms with E-state index in [9.17, 15) is 24.5 Å². The Bertz CT molecular complexity index is 1500. The van der Waals surface area contributed by atoms with Gasteiger partial charge in [-0.1, -0.05) is 49.4 Å². The summed E-state index contributed by atoms with van der Waals surface area (Å²) in [6, 6.07) is 15.7. The lowest BCUT2D eigenvalue weighted by Gasteiger charge is -2.40. The minimum atomic E-state index is -0.788. The molecule has 2 aliphatic heterocycles. The molecular weight excluding hydrogens is 600 g/mol. The molecule has 2 aliphatic rings. The molecule has 1 unspecified atom stereocenters. The van der Waals surface area contributed by atoms with Crippen molar-refractivity contribution in [2.24, 2.45) is 11.5 Å². The number of esters is 1. The molecule has 1 fully saturated rings. The van der Waals surface area contributed by atoms with E-state index in [0.29, 0.717) is 80.8 Å². The van der Waals surface area contributed by atoms with Gasteiger partial charge in [0.15, 0.2) is 0 Å². The van der Waals surface area contributed by atoms with Crippen LogP contribution in [0, 0.1) is 10.1 Å². The Labute approximate surface area is 275 Å². The third kappa shape index (κ3) is 8.06. The highest BCUT2D eigenvalue weighted by molar-refractivity contribution is 6.03. The van der Waals surface area contributed by atoms with E-state index in [1.54, 1.807) is 12.1 Å². The van der Waals surface area contributed by atoms with Crippen LogP contribution in [0.1, 0.15) is 68.9 Å². The number of rotatable bonds is 15. The maximum Gasteiger partial charge on any atom is 0.316 e. The molecule has 0 bridgehead atoms. The van der Waals surface area contributed by atoms with Gasteiger partial charge in [0, 0.05) is 47.1 Å². The number of hydrogen-bond acceptors (Lipinski definition) is 9. The van der Waals surface area contributed by atoms with Crippen molar-refractivity contribution in [2.75, 3.05) is 39.8 Å². The van der Waals surface area contributed by atoms with Gasteiger partial charge in [-0.05, 0) is 82.3 Å². The Morgan fingerprint density at radius 2 is 1.70 bits per heavy atom. The van der Waals surface area contributed by atoms with Crippen molar-refractivity contribution in [1.82, 2.24) is 15.5 Å². The van der Waals surface area contributed by atoms with Gasteiger partial charge < -0.3 is 31.7 Å². The molecule has 252 valence electrons. The molecule has 2 aromatic rings. The first-order valence-electron chi connectivity index (χ1n) is 16.3. The van der Waals surface area contributed by atoms with Crippen molar-refractivity contribution in [3.05, 3.63) is 98.4 Å². The van der Waals surface area contributed by atoms with Crippen LogP contribution in [0.5, 0.6) is 0 Å². The predicted molar refractivity (Wildman–Crippen MR) is 179 cm³/mol. The summed E-state index contributed by atoms with van der Waals surface area (Å²) in [7, 11) is 1.43. The van der Waals surface area contributed by atoms with E-state index < -0.39 is 22.2 Å². The van der Waals surface area contributed by atoms with Crippen LogP contribution in [0.2, 0.25) is 0 Å². The maximum absolute atomic E-state index is 14.0. The zero-order valence-electron chi connectivity index (χ0n) is 27.3. The quantitative estimate of drug-likeness (QED) is 0.0973. The van der Waals surface area contributed by atoms with Gasteiger partial charge >= 0.3 is 5.97 Å². The fourth-order valence-corrected chi connectivity index (χ4v) is 6.73. The Morgan fingerprint density at radius 3 is 2.28 bits per heavy atom. The summed E-state index contributed by atoms with van der Waals surface area (Å²) in [5.74, 6) is -1.99. The van der Waals surface area contributed by atoms with Gasteiger partial charge in [-0.2, -0.15) is 0 Å². The van der Waals surface area contributed by atoms with E-state index in [0.717, 1.165) is 24.9 Å². The Balaban J connectivity index is 1.49. The summed E-state index contributed by atoms with van der Waals surface area (Å²) in [6.45, 7) is 4.95. The van der Waals surface area contributed by atoms with Crippen molar-refractivity contribution >= 4 is 23.5 Å². The van der Waals surface area contributed by atoms with E-state index in [4.69, 9.17) is 16.2 Å². The molecule has 2 heterocycles. The van der Waals surface area contributed by atoms with Crippen LogP contribution in [0.4, 0.5) is 5.69 Å². The highest BCUT2D eigenvalue weighted by Crippen LogP contribution is 2.41. The molecule has 0 saturated carbocycles. The molecule has 12 nitrogen and oxygen atoms in total. The SMILES string of the molecule is CCC1=C(C(N)=O)C(c2ccc([N+](=O)[O-])cc2)C(C(=O)NCCCN2CCC(C(=O)OC)(c3ccccc3)CC2)=C(CCCCN)N1. The molecule has 0 radical (unpaired) electrons. The van der Waals surface area contributed by atoms with Crippen LogP contribution in [0.15, 0.2) is 77.1 Å². The second-order valence-corrected chi connectivity index (χ2v) is 12.0. The number of nitro benzene ring substituents is 1. The fraction of sp³-hybridized carbons (Fsp3) is 0.457. The Hall–Kier alpha value is -4.55. The monoisotopic (exact) mass is 646 g/mol. The van der Waals surface area contributed by atoms with Crippen LogP contribution in [0.3, 0.4) is 0 Å². The number of likely N-dealkylation sites (tertiary alicyclic amines) is 1. The van der Waals surface area contributed by atoms with Crippen LogP contribution in [0.25, 0.3) is 0 Å². The number of dihydropyridines is 1. The summed E-state index contributed by atoms with van der Waals surface area (Å²) in [4.78, 5) is 52.9. The van der Waals surface area contributed by atoms with Gasteiger partial charge in [0.05, 0.1) is 17.4 Å². The largest absolute Gasteiger partial charge is 0.468 e. The first-order valence-corrected chi connectivity index (χ1v) is 16.3. The highest BCUT2D eigenvalue weighted by atomic mass is 16.6. The molecule has 2 amide bonds. The van der Waals surface area contributed by atoms with E-state index in [-0.39, 0.29) is 23.1 Å². The summed E-state index contributed by atoms with van der Waals surface area (Å²) in [5.41, 5.74) is 14.4. The van der Waals surface area contributed by atoms with E-state index in [1.807, 2.05) is 37.3 Å². The van der Waals surface area contributed by atoms with Gasteiger partial charge in [-0.25, -0.2) is 0 Å². The normalized spacial score (nSPS) is 18.0. The van der Waals surface area contributed by atoms with Gasteiger partial charge in [0.2, 0.25) is 11.8 Å². The smallest absolute Gasteiger partial charge is 0.316 e. The first-order chi connectivity index (χ1) is 22.7. The van der Waals surface area contributed by atoms with Crippen LogP contribution in [-0.4, -0.2) is 67.4 Å². The molecule has 1 saturated heterocycles. The van der Waals surface area contributed by atoms with Crippen molar-refractivity contribution < 1.29 is 24.0 Å². The second-order valence-electron chi connectivity index (χ2n) is 12.0. The number of hydrogen-bond donors (Lipinski definition) is 4. The second kappa shape index (κ2) is 16.3. The molecule has 4 rings (SSSR count). The Morgan fingerprint density at radius 1 is 1.02 bits per heavy atom. The summed E-state index contributed by atoms with van der Waals surface area (Å²) in [6.07, 6.45) is 4.46. The molecule has 0 aliphatic carbocycles. The number of nitrogens with two attached hydrogens (primary N) is 2. The van der Waals surface area contributed by atoms with Crippen LogP contribution in [-0.2, 0) is 24.5 Å². The average Bonchev–Trinajstić information content (AvgIpc) is 3.09. The highest BCUT2D eigenvalue weighted by Gasteiger charge is 2.44. The number of benzene rings is 2. The number of piperidine rings is 1. The third-order valence-electron chi connectivity index (χ3n) is 9.26. The molecule has 2 aromatic carbocycles.